The highest BCUT2D eigenvalue weighted by Gasteiger charge is 2.35. The van der Waals surface area contributed by atoms with Crippen LogP contribution in [0.2, 0.25) is 5.02 Å². The summed E-state index contributed by atoms with van der Waals surface area (Å²) in [7, 11) is 1.72. The number of halogens is 1. The molecule has 0 spiro atoms. The summed E-state index contributed by atoms with van der Waals surface area (Å²) in [6.45, 7) is 0. The van der Waals surface area contributed by atoms with Gasteiger partial charge in [-0.3, -0.25) is 0 Å². The van der Waals surface area contributed by atoms with E-state index >= 15 is 0 Å². The summed E-state index contributed by atoms with van der Waals surface area (Å²) in [4.78, 5) is 0. The first-order valence-corrected chi connectivity index (χ1v) is 11.1. The first kappa shape index (κ1) is 18.7. The van der Waals surface area contributed by atoms with Crippen LogP contribution in [0.4, 0.5) is 0 Å². The zero-order valence-electron chi connectivity index (χ0n) is 16.9. The second kappa shape index (κ2) is 7.87. The number of fused-ring (bicyclic) bond motifs is 1. The van der Waals surface area contributed by atoms with E-state index in [1.165, 1.54) is 54.6 Å². The predicted molar refractivity (Wildman–Crippen MR) is 118 cm³/mol. The van der Waals surface area contributed by atoms with E-state index in [1.54, 1.807) is 7.11 Å². The van der Waals surface area contributed by atoms with Crippen molar-refractivity contribution in [3.8, 4) is 22.7 Å². The lowest BCUT2D eigenvalue weighted by Gasteiger charge is -2.27. The average molecular weight is 407 g/mol. The topological polar surface area (TPSA) is 27.1 Å². The van der Waals surface area contributed by atoms with E-state index in [2.05, 4.69) is 22.9 Å². The van der Waals surface area contributed by atoms with E-state index in [0.717, 1.165) is 41.1 Å². The van der Waals surface area contributed by atoms with Crippen LogP contribution in [-0.2, 0) is 12.8 Å². The van der Waals surface area contributed by atoms with Gasteiger partial charge < -0.3 is 4.74 Å². The third-order valence-corrected chi connectivity index (χ3v) is 6.99. The highest BCUT2D eigenvalue weighted by Crippen LogP contribution is 2.43. The van der Waals surface area contributed by atoms with Crippen molar-refractivity contribution >= 4 is 11.6 Å². The number of methoxy groups -OCH3 is 1. The summed E-state index contributed by atoms with van der Waals surface area (Å²) >= 11 is 6.18. The van der Waals surface area contributed by atoms with E-state index < -0.39 is 0 Å². The molecule has 0 aliphatic heterocycles. The van der Waals surface area contributed by atoms with Gasteiger partial charge in [-0.15, -0.1) is 0 Å². The highest BCUT2D eigenvalue weighted by molar-refractivity contribution is 6.30. The maximum atomic E-state index is 6.18. The Morgan fingerprint density at radius 2 is 1.69 bits per heavy atom. The maximum absolute atomic E-state index is 6.18. The first-order valence-electron chi connectivity index (χ1n) is 10.7. The quantitative estimate of drug-likeness (QED) is 0.494. The molecule has 0 N–H and O–H groups in total. The standard InChI is InChI=1S/C25H27ClN2O/c1-29-24-10-6-5-9-23(24)28-25(18-11-13-20(26)14-12-18)21-15-19(16-22(21)27-28)17-7-3-2-4-8-17/h5-6,9-14,17,19H,2-4,7-8,15-16H2,1H3. The minimum atomic E-state index is 0.742. The molecule has 0 amide bonds. The van der Waals surface area contributed by atoms with Gasteiger partial charge in [0.25, 0.3) is 0 Å². The third-order valence-electron chi connectivity index (χ3n) is 6.74. The van der Waals surface area contributed by atoms with E-state index in [9.17, 15) is 0 Å². The number of para-hydroxylation sites is 2. The van der Waals surface area contributed by atoms with E-state index in [4.69, 9.17) is 21.4 Å². The number of aromatic nitrogens is 2. The van der Waals surface area contributed by atoms with Gasteiger partial charge in [0.2, 0.25) is 0 Å². The summed E-state index contributed by atoms with van der Waals surface area (Å²) < 4.78 is 7.73. The summed E-state index contributed by atoms with van der Waals surface area (Å²) in [5.74, 6) is 2.44. The monoisotopic (exact) mass is 406 g/mol. The third kappa shape index (κ3) is 3.46. The average Bonchev–Trinajstić information content (AvgIpc) is 3.33. The Morgan fingerprint density at radius 1 is 0.931 bits per heavy atom. The van der Waals surface area contributed by atoms with Crippen molar-refractivity contribution in [2.75, 3.05) is 7.11 Å². The SMILES string of the molecule is COc1ccccc1-n1nc2c(c1-c1ccc(Cl)cc1)CC(C1CCCCC1)C2. The summed E-state index contributed by atoms with van der Waals surface area (Å²) in [5, 5.41) is 5.88. The smallest absolute Gasteiger partial charge is 0.144 e. The van der Waals surface area contributed by atoms with Gasteiger partial charge in [0.05, 0.1) is 18.5 Å². The Morgan fingerprint density at radius 3 is 2.45 bits per heavy atom. The van der Waals surface area contributed by atoms with E-state index in [-0.39, 0.29) is 0 Å². The zero-order valence-corrected chi connectivity index (χ0v) is 17.7. The Labute approximate surface area is 177 Å². The molecule has 3 nitrogen and oxygen atoms in total. The lowest BCUT2D eigenvalue weighted by atomic mass is 9.78. The minimum absolute atomic E-state index is 0.742. The fourth-order valence-electron chi connectivity index (χ4n) is 5.28. The van der Waals surface area contributed by atoms with Crippen molar-refractivity contribution in [1.29, 1.82) is 0 Å². The van der Waals surface area contributed by atoms with Crippen LogP contribution in [0.25, 0.3) is 16.9 Å². The van der Waals surface area contributed by atoms with Crippen molar-refractivity contribution in [3.63, 3.8) is 0 Å². The minimum Gasteiger partial charge on any atom is -0.494 e. The molecular formula is C25H27ClN2O. The summed E-state index contributed by atoms with van der Waals surface area (Å²) in [6.07, 6.45) is 9.20. The fourth-order valence-corrected chi connectivity index (χ4v) is 5.41. The van der Waals surface area contributed by atoms with Gasteiger partial charge in [0.1, 0.15) is 11.4 Å². The van der Waals surface area contributed by atoms with Crippen LogP contribution in [0.3, 0.4) is 0 Å². The van der Waals surface area contributed by atoms with Gasteiger partial charge in [-0.25, -0.2) is 4.68 Å². The molecule has 1 aromatic heterocycles. The predicted octanol–water partition coefficient (Wildman–Crippen LogP) is 6.50. The molecule has 3 aromatic rings. The number of nitrogens with zero attached hydrogens (tertiary/aromatic N) is 2. The van der Waals surface area contributed by atoms with Gasteiger partial charge in [-0.2, -0.15) is 5.10 Å². The number of rotatable bonds is 4. The second-order valence-electron chi connectivity index (χ2n) is 8.43. The van der Waals surface area contributed by atoms with Crippen LogP contribution in [-0.4, -0.2) is 16.9 Å². The van der Waals surface area contributed by atoms with Gasteiger partial charge in [-0.05, 0) is 48.9 Å². The normalized spacial score (nSPS) is 19.3. The van der Waals surface area contributed by atoms with Gasteiger partial charge in [-0.1, -0.05) is 68.0 Å². The van der Waals surface area contributed by atoms with E-state index in [0.29, 0.717) is 0 Å². The Bertz CT molecular complexity index is 1000. The fraction of sp³-hybridized carbons (Fsp3) is 0.400. The lowest BCUT2D eigenvalue weighted by Crippen LogP contribution is -2.19. The molecule has 5 rings (SSSR count). The Balaban J connectivity index is 1.60. The molecule has 1 atom stereocenters. The molecule has 0 radical (unpaired) electrons. The van der Waals surface area contributed by atoms with Gasteiger partial charge >= 0.3 is 0 Å². The number of ether oxygens (including phenoxy) is 1. The summed E-state index contributed by atoms with van der Waals surface area (Å²) in [6, 6.07) is 16.3. The molecule has 29 heavy (non-hydrogen) atoms. The number of hydrogen-bond donors (Lipinski definition) is 0. The largest absolute Gasteiger partial charge is 0.494 e. The molecule has 2 aliphatic rings. The van der Waals surface area contributed by atoms with Crippen molar-refractivity contribution in [2.45, 2.75) is 44.9 Å². The van der Waals surface area contributed by atoms with Crippen LogP contribution in [0, 0.1) is 11.8 Å². The molecule has 1 unspecified atom stereocenters. The van der Waals surface area contributed by atoms with Crippen LogP contribution in [0.1, 0.15) is 43.4 Å². The maximum Gasteiger partial charge on any atom is 0.144 e. The van der Waals surface area contributed by atoms with Crippen LogP contribution in [0.5, 0.6) is 5.75 Å². The lowest BCUT2D eigenvalue weighted by molar-refractivity contribution is 0.254. The molecule has 150 valence electrons. The molecular weight excluding hydrogens is 380 g/mol. The van der Waals surface area contributed by atoms with Crippen molar-refractivity contribution in [1.82, 2.24) is 9.78 Å². The number of hydrogen-bond acceptors (Lipinski definition) is 2. The molecule has 2 aromatic carbocycles. The molecule has 1 fully saturated rings. The van der Waals surface area contributed by atoms with Crippen molar-refractivity contribution < 1.29 is 4.74 Å². The molecule has 1 saturated carbocycles. The molecule has 0 saturated heterocycles. The van der Waals surface area contributed by atoms with Crippen LogP contribution in [0.15, 0.2) is 48.5 Å². The van der Waals surface area contributed by atoms with E-state index in [1.807, 2.05) is 30.3 Å². The van der Waals surface area contributed by atoms with Crippen LogP contribution < -0.4 is 4.74 Å². The Hall–Kier alpha value is -2.26. The molecule has 0 bridgehead atoms. The highest BCUT2D eigenvalue weighted by atomic mass is 35.5. The summed E-state index contributed by atoms with van der Waals surface area (Å²) in [5.41, 5.74) is 6.02. The van der Waals surface area contributed by atoms with Gasteiger partial charge in [0, 0.05) is 16.1 Å². The van der Waals surface area contributed by atoms with Crippen LogP contribution >= 0.6 is 11.6 Å². The second-order valence-corrected chi connectivity index (χ2v) is 8.87. The number of benzene rings is 2. The van der Waals surface area contributed by atoms with Gasteiger partial charge in [0.15, 0.2) is 0 Å². The molecule has 2 aliphatic carbocycles. The van der Waals surface area contributed by atoms with Crippen molar-refractivity contribution in [2.24, 2.45) is 11.8 Å². The zero-order chi connectivity index (χ0) is 19.8. The molecule has 1 heterocycles. The Kier molecular flexibility index (Phi) is 5.09. The first-order chi connectivity index (χ1) is 14.2. The molecule has 4 heteroatoms. The van der Waals surface area contributed by atoms with Crippen molar-refractivity contribution in [3.05, 3.63) is 64.8 Å².